The molecule has 7 heteroatoms. The summed E-state index contributed by atoms with van der Waals surface area (Å²) in [5.74, 6) is 0.992. The minimum absolute atomic E-state index is 0.00173. The molecule has 1 atom stereocenters. The van der Waals surface area contributed by atoms with Crippen molar-refractivity contribution in [2.45, 2.75) is 50.8 Å². The second-order valence-corrected chi connectivity index (χ2v) is 12.7. The molecule has 3 rings (SSSR count). The number of thioether (sulfide) groups is 1. The van der Waals surface area contributed by atoms with Gasteiger partial charge < -0.3 is 14.4 Å². The van der Waals surface area contributed by atoms with Crippen LogP contribution in [0.4, 0.5) is 5.69 Å². The fourth-order valence-corrected chi connectivity index (χ4v) is 5.58. The van der Waals surface area contributed by atoms with Crippen molar-refractivity contribution in [2.24, 2.45) is 0 Å². The van der Waals surface area contributed by atoms with Gasteiger partial charge in [0.25, 0.3) is 0 Å². The summed E-state index contributed by atoms with van der Waals surface area (Å²) in [5.41, 5.74) is 2.94. The highest BCUT2D eigenvalue weighted by atomic mass is 32.2. The van der Waals surface area contributed by atoms with Crippen LogP contribution in [0.2, 0.25) is 0 Å². The molecule has 3 aromatic carbocycles. The van der Waals surface area contributed by atoms with Crippen LogP contribution in [-0.2, 0) is 22.4 Å². The Balaban J connectivity index is 1.89. The number of para-hydroxylation sites is 2. The largest absolute Gasteiger partial charge is 0.495 e. The number of nitrogens with zero attached hydrogens (tertiary/aromatic N) is 1. The van der Waals surface area contributed by atoms with Crippen LogP contribution >= 0.6 is 36.2 Å². The normalized spacial score (nSPS) is 11.9. The van der Waals surface area contributed by atoms with Gasteiger partial charge in [-0.15, -0.1) is 0 Å². The van der Waals surface area contributed by atoms with Gasteiger partial charge in [0.1, 0.15) is 5.75 Å². The first kappa shape index (κ1) is 29.8. The smallest absolute Gasteiger partial charge is 0.313 e. The Labute approximate surface area is 241 Å². The minimum Gasteiger partial charge on any atom is -0.495 e. The number of esters is 1. The van der Waals surface area contributed by atoms with Crippen LogP contribution in [0.5, 0.6) is 5.75 Å². The van der Waals surface area contributed by atoms with Crippen LogP contribution in [0.1, 0.15) is 38.3 Å². The maximum Gasteiger partial charge on any atom is 0.313 e. The standard InChI is InChI=1S/C31H35NO3S3/c1-31(2,3)38-22-25(21-29(33)35-30(37)20-24-15-9-6-10-16-24)32(26-17-11-12-18-27(26)34-4)28(36)19-23-13-7-5-8-14-23/h5-18,25H,19-22H2,1-4H3. The lowest BCUT2D eigenvalue weighted by atomic mass is 10.1. The summed E-state index contributed by atoms with van der Waals surface area (Å²) in [6.45, 7) is 6.49. The van der Waals surface area contributed by atoms with E-state index >= 15 is 0 Å². The topological polar surface area (TPSA) is 38.8 Å². The Hall–Kier alpha value is -2.74. The van der Waals surface area contributed by atoms with E-state index in [1.807, 2.05) is 72.8 Å². The Kier molecular flexibility index (Phi) is 11.3. The molecule has 200 valence electrons. The van der Waals surface area contributed by atoms with Crippen LogP contribution in [0.25, 0.3) is 0 Å². The summed E-state index contributed by atoms with van der Waals surface area (Å²) in [7, 11) is 1.65. The molecule has 0 fully saturated rings. The van der Waals surface area contributed by atoms with Crippen molar-refractivity contribution in [3.63, 3.8) is 0 Å². The van der Waals surface area contributed by atoms with Crippen molar-refractivity contribution in [3.8, 4) is 5.75 Å². The molecule has 0 aliphatic heterocycles. The quantitative estimate of drug-likeness (QED) is 0.176. The van der Waals surface area contributed by atoms with Crippen LogP contribution in [-0.4, -0.2) is 39.7 Å². The predicted octanol–water partition coefficient (Wildman–Crippen LogP) is 7.48. The molecule has 1 unspecified atom stereocenters. The summed E-state index contributed by atoms with van der Waals surface area (Å²) in [4.78, 5) is 16.0. The van der Waals surface area contributed by atoms with Gasteiger partial charge in [-0.3, -0.25) is 4.79 Å². The molecule has 4 nitrogen and oxygen atoms in total. The molecular weight excluding hydrogens is 531 g/mol. The third-order valence-electron chi connectivity index (χ3n) is 5.71. The number of methoxy groups -OCH3 is 1. The number of benzene rings is 3. The Bertz CT molecular complexity index is 1210. The second kappa shape index (κ2) is 14.4. The van der Waals surface area contributed by atoms with Crippen LogP contribution in [0.15, 0.2) is 84.9 Å². The Morgan fingerprint density at radius 2 is 1.42 bits per heavy atom. The average Bonchev–Trinajstić information content (AvgIpc) is 2.88. The molecule has 0 spiro atoms. The van der Waals surface area contributed by atoms with Crippen LogP contribution < -0.4 is 9.64 Å². The number of anilines is 1. The fourth-order valence-electron chi connectivity index (χ4n) is 3.95. The van der Waals surface area contributed by atoms with Gasteiger partial charge >= 0.3 is 5.97 Å². The lowest BCUT2D eigenvalue weighted by molar-refractivity contribution is -0.135. The van der Waals surface area contributed by atoms with Crippen molar-refractivity contribution in [2.75, 3.05) is 17.8 Å². The van der Waals surface area contributed by atoms with Gasteiger partial charge in [-0.1, -0.05) is 106 Å². The monoisotopic (exact) mass is 565 g/mol. The van der Waals surface area contributed by atoms with Crippen LogP contribution in [0.3, 0.4) is 0 Å². The van der Waals surface area contributed by atoms with E-state index in [-0.39, 0.29) is 28.2 Å². The van der Waals surface area contributed by atoms with E-state index in [9.17, 15) is 4.79 Å². The molecule has 0 aliphatic carbocycles. The molecule has 3 aromatic rings. The molecule has 0 bridgehead atoms. The van der Waals surface area contributed by atoms with Crippen molar-refractivity contribution in [1.82, 2.24) is 0 Å². The third kappa shape index (κ3) is 9.53. The van der Waals surface area contributed by atoms with E-state index in [2.05, 4.69) is 37.8 Å². The molecule has 0 aromatic heterocycles. The first-order valence-corrected chi connectivity index (χ1v) is 14.4. The fraction of sp³-hybridized carbons (Fsp3) is 0.323. The summed E-state index contributed by atoms with van der Waals surface area (Å²) < 4.78 is 11.4. The third-order valence-corrected chi connectivity index (χ3v) is 7.69. The van der Waals surface area contributed by atoms with Gasteiger partial charge in [0.15, 0.2) is 5.05 Å². The highest BCUT2D eigenvalue weighted by Gasteiger charge is 2.30. The first-order chi connectivity index (χ1) is 18.2. The maximum atomic E-state index is 13.2. The number of carbonyl (C=O) groups excluding carboxylic acids is 1. The Morgan fingerprint density at radius 1 is 0.868 bits per heavy atom. The second-order valence-electron chi connectivity index (χ2n) is 9.89. The van der Waals surface area contributed by atoms with Gasteiger partial charge in [0.05, 0.1) is 30.2 Å². The van der Waals surface area contributed by atoms with Gasteiger partial charge in [0, 0.05) is 23.3 Å². The van der Waals surface area contributed by atoms with E-state index in [1.165, 1.54) is 0 Å². The molecule has 0 heterocycles. The molecule has 0 N–H and O–H groups in total. The zero-order valence-electron chi connectivity index (χ0n) is 22.4. The number of hydrogen-bond acceptors (Lipinski definition) is 6. The van der Waals surface area contributed by atoms with Crippen LogP contribution in [0, 0.1) is 0 Å². The highest BCUT2D eigenvalue weighted by Crippen LogP contribution is 2.34. The maximum absolute atomic E-state index is 13.2. The molecule has 0 aliphatic rings. The zero-order chi connectivity index (χ0) is 27.5. The number of rotatable bonds is 11. The lowest BCUT2D eigenvalue weighted by Gasteiger charge is -2.35. The van der Waals surface area contributed by atoms with Gasteiger partial charge in [-0.2, -0.15) is 11.8 Å². The van der Waals surface area contributed by atoms with Crippen molar-refractivity contribution < 1.29 is 14.3 Å². The van der Waals surface area contributed by atoms with E-state index in [1.54, 1.807) is 18.9 Å². The zero-order valence-corrected chi connectivity index (χ0v) is 24.8. The van der Waals surface area contributed by atoms with Crippen molar-refractivity contribution in [3.05, 3.63) is 96.1 Å². The molecule has 0 saturated heterocycles. The summed E-state index contributed by atoms with van der Waals surface area (Å²) in [6, 6.07) is 27.4. The molecule has 0 saturated carbocycles. The van der Waals surface area contributed by atoms with Gasteiger partial charge in [-0.05, 0) is 35.5 Å². The minimum atomic E-state index is -0.368. The summed E-state index contributed by atoms with van der Waals surface area (Å²) in [6.07, 6.45) is 1.10. The predicted molar refractivity (Wildman–Crippen MR) is 168 cm³/mol. The van der Waals surface area contributed by atoms with E-state index in [0.717, 1.165) is 16.8 Å². The van der Waals surface area contributed by atoms with E-state index in [4.69, 9.17) is 33.9 Å². The van der Waals surface area contributed by atoms with Gasteiger partial charge in [0.2, 0.25) is 0 Å². The number of ether oxygens (including phenoxy) is 2. The first-order valence-electron chi connectivity index (χ1n) is 12.6. The van der Waals surface area contributed by atoms with Crippen molar-refractivity contribution in [1.29, 1.82) is 0 Å². The lowest BCUT2D eigenvalue weighted by Crippen LogP contribution is -2.44. The highest BCUT2D eigenvalue weighted by molar-refractivity contribution is 8.00. The van der Waals surface area contributed by atoms with E-state index in [0.29, 0.717) is 29.3 Å². The SMILES string of the molecule is COc1ccccc1N(C(=S)Cc1ccccc1)C(CSC(C)(C)C)CC(=O)OC(=S)Cc1ccccc1. The molecular formula is C31H35NO3S3. The number of thiocarbonyl (C=S) groups is 2. The van der Waals surface area contributed by atoms with E-state index < -0.39 is 0 Å². The molecule has 0 amide bonds. The summed E-state index contributed by atoms with van der Waals surface area (Å²) >= 11 is 13.2. The van der Waals surface area contributed by atoms with Crippen molar-refractivity contribution >= 4 is 57.9 Å². The molecule has 38 heavy (non-hydrogen) atoms. The Morgan fingerprint density at radius 3 is 2.00 bits per heavy atom. The number of hydrogen-bond donors (Lipinski definition) is 0. The number of carbonyl (C=O) groups is 1. The average molecular weight is 566 g/mol. The summed E-state index contributed by atoms with van der Waals surface area (Å²) in [5, 5.41) is 0.263. The molecule has 0 radical (unpaired) electrons. The van der Waals surface area contributed by atoms with Gasteiger partial charge in [-0.25, -0.2) is 0 Å².